The summed E-state index contributed by atoms with van der Waals surface area (Å²) in [5.74, 6) is 0. The molecule has 0 aromatic carbocycles. The number of fused-ring (bicyclic) bond motifs is 1. The van der Waals surface area contributed by atoms with E-state index in [0.29, 0.717) is 0 Å². The first-order valence-corrected chi connectivity index (χ1v) is 4.33. The molecule has 2 nitrogen and oxygen atoms in total. The minimum atomic E-state index is 0.783. The Balaban J connectivity index is 2.92. The molecule has 0 aliphatic rings. The lowest BCUT2D eigenvalue weighted by atomic mass is 10.4. The second-order valence-electron chi connectivity index (χ2n) is 2.21. The number of aryl methyl sites for hydroxylation is 1. The second kappa shape index (κ2) is 2.43. The molecule has 0 spiro atoms. The van der Waals surface area contributed by atoms with Crippen LogP contribution >= 0.6 is 22.9 Å². The zero-order chi connectivity index (χ0) is 7.84. The fourth-order valence-electron chi connectivity index (χ4n) is 0.930. The third-order valence-electron chi connectivity index (χ3n) is 1.47. The molecule has 11 heavy (non-hydrogen) atoms. The number of rotatable bonds is 0. The molecular formula is C7H5ClN2S. The predicted octanol–water partition coefficient (Wildman–Crippen LogP) is 2.65. The van der Waals surface area contributed by atoms with Crippen molar-refractivity contribution in [2.24, 2.45) is 0 Å². The third-order valence-corrected chi connectivity index (χ3v) is 3.10. The molecule has 0 atom stereocenters. The maximum atomic E-state index is 5.97. The van der Waals surface area contributed by atoms with Gasteiger partial charge in [-0.1, -0.05) is 11.6 Å². The Hall–Kier alpha value is -0.670. The van der Waals surface area contributed by atoms with Crippen LogP contribution in [0.5, 0.6) is 0 Å². The first-order chi connectivity index (χ1) is 5.29. The van der Waals surface area contributed by atoms with Crippen molar-refractivity contribution in [3.63, 3.8) is 0 Å². The molecule has 0 N–H and O–H groups in total. The van der Waals surface area contributed by atoms with E-state index < -0.39 is 0 Å². The summed E-state index contributed by atoms with van der Waals surface area (Å²) in [5, 5.41) is 1.74. The fraction of sp³-hybridized carbons (Fsp3) is 0.143. The average molecular weight is 185 g/mol. The van der Waals surface area contributed by atoms with E-state index >= 15 is 0 Å². The van der Waals surface area contributed by atoms with Crippen molar-refractivity contribution in [3.8, 4) is 0 Å². The zero-order valence-electron chi connectivity index (χ0n) is 5.84. The Labute approximate surface area is 72.9 Å². The van der Waals surface area contributed by atoms with E-state index in [1.54, 1.807) is 17.5 Å². The van der Waals surface area contributed by atoms with Crippen LogP contribution in [0.15, 0.2) is 12.5 Å². The highest BCUT2D eigenvalue weighted by molar-refractivity contribution is 7.19. The van der Waals surface area contributed by atoms with Crippen molar-refractivity contribution < 1.29 is 0 Å². The Morgan fingerprint density at radius 1 is 1.55 bits per heavy atom. The van der Waals surface area contributed by atoms with Gasteiger partial charge >= 0.3 is 0 Å². The van der Waals surface area contributed by atoms with Crippen LogP contribution in [-0.2, 0) is 0 Å². The molecule has 0 aliphatic heterocycles. The minimum absolute atomic E-state index is 0.783. The standard InChI is InChI=1S/C7H5ClN2S/c1-4-6(8)5-2-9-3-10-7(5)11-4/h2-3H,1H3. The lowest BCUT2D eigenvalue weighted by Gasteiger charge is -1.85. The minimum Gasteiger partial charge on any atom is -0.244 e. The molecule has 0 fully saturated rings. The lowest BCUT2D eigenvalue weighted by molar-refractivity contribution is 1.23. The predicted molar refractivity (Wildman–Crippen MR) is 47.2 cm³/mol. The van der Waals surface area contributed by atoms with Gasteiger partial charge in [-0.25, -0.2) is 9.97 Å². The first kappa shape index (κ1) is 7.00. The summed E-state index contributed by atoms with van der Waals surface area (Å²) >= 11 is 7.57. The maximum Gasteiger partial charge on any atom is 0.128 e. The summed E-state index contributed by atoms with van der Waals surface area (Å²) in [6, 6.07) is 0. The lowest BCUT2D eigenvalue weighted by Crippen LogP contribution is -1.73. The Kier molecular flexibility index (Phi) is 1.55. The van der Waals surface area contributed by atoms with E-state index in [-0.39, 0.29) is 0 Å². The quantitative estimate of drug-likeness (QED) is 0.629. The van der Waals surface area contributed by atoms with Crippen molar-refractivity contribution in [3.05, 3.63) is 22.4 Å². The van der Waals surface area contributed by atoms with Gasteiger partial charge in [0.25, 0.3) is 0 Å². The van der Waals surface area contributed by atoms with E-state index in [4.69, 9.17) is 11.6 Å². The van der Waals surface area contributed by atoms with E-state index in [9.17, 15) is 0 Å². The van der Waals surface area contributed by atoms with Gasteiger partial charge in [0.05, 0.1) is 5.02 Å². The van der Waals surface area contributed by atoms with Crippen LogP contribution in [0, 0.1) is 6.92 Å². The molecule has 4 heteroatoms. The highest BCUT2D eigenvalue weighted by atomic mass is 35.5. The molecule has 2 rings (SSSR count). The first-order valence-electron chi connectivity index (χ1n) is 3.13. The van der Waals surface area contributed by atoms with E-state index in [1.165, 1.54) is 6.33 Å². The van der Waals surface area contributed by atoms with Gasteiger partial charge in [-0.15, -0.1) is 11.3 Å². The van der Waals surface area contributed by atoms with Gasteiger partial charge in [0, 0.05) is 16.5 Å². The summed E-state index contributed by atoms with van der Waals surface area (Å²) in [5.41, 5.74) is 0. The summed E-state index contributed by atoms with van der Waals surface area (Å²) in [4.78, 5) is 10.0. The fourth-order valence-corrected chi connectivity index (χ4v) is 2.09. The summed E-state index contributed by atoms with van der Waals surface area (Å²) in [7, 11) is 0. The Bertz CT molecular complexity index is 396. The number of hydrogen-bond donors (Lipinski definition) is 0. The van der Waals surface area contributed by atoms with Crippen LogP contribution in [0.3, 0.4) is 0 Å². The number of nitrogens with zero attached hydrogens (tertiary/aromatic N) is 2. The number of aromatic nitrogens is 2. The van der Waals surface area contributed by atoms with Crippen LogP contribution in [0.4, 0.5) is 0 Å². The second-order valence-corrected chi connectivity index (χ2v) is 3.79. The monoisotopic (exact) mass is 184 g/mol. The molecule has 0 saturated carbocycles. The van der Waals surface area contributed by atoms with Crippen LogP contribution in [0.1, 0.15) is 4.88 Å². The van der Waals surface area contributed by atoms with E-state index in [2.05, 4.69) is 9.97 Å². The van der Waals surface area contributed by atoms with Crippen molar-refractivity contribution >= 4 is 33.2 Å². The molecule has 2 heterocycles. The number of thiophene rings is 1. The smallest absolute Gasteiger partial charge is 0.128 e. The summed E-state index contributed by atoms with van der Waals surface area (Å²) in [6.45, 7) is 1.98. The topological polar surface area (TPSA) is 25.8 Å². The highest BCUT2D eigenvalue weighted by Crippen LogP contribution is 2.32. The molecule has 0 unspecified atom stereocenters. The van der Waals surface area contributed by atoms with Crippen molar-refractivity contribution in [1.29, 1.82) is 0 Å². The van der Waals surface area contributed by atoms with Gasteiger partial charge < -0.3 is 0 Å². The molecule has 0 amide bonds. The molecule has 2 aromatic rings. The molecule has 0 bridgehead atoms. The number of halogens is 1. The van der Waals surface area contributed by atoms with Gasteiger partial charge in [0.15, 0.2) is 0 Å². The molecular weight excluding hydrogens is 180 g/mol. The van der Waals surface area contributed by atoms with E-state index in [1.807, 2.05) is 6.92 Å². The highest BCUT2D eigenvalue weighted by Gasteiger charge is 2.05. The van der Waals surface area contributed by atoms with Crippen molar-refractivity contribution in [2.75, 3.05) is 0 Å². The summed E-state index contributed by atoms with van der Waals surface area (Å²) < 4.78 is 0. The van der Waals surface area contributed by atoms with Crippen LogP contribution < -0.4 is 0 Å². The summed E-state index contributed by atoms with van der Waals surface area (Å²) in [6.07, 6.45) is 3.28. The van der Waals surface area contributed by atoms with Gasteiger partial charge in [0.2, 0.25) is 0 Å². The van der Waals surface area contributed by atoms with Crippen LogP contribution in [0.25, 0.3) is 10.2 Å². The normalized spacial score (nSPS) is 10.7. The number of hydrogen-bond acceptors (Lipinski definition) is 3. The molecule has 0 aliphatic carbocycles. The largest absolute Gasteiger partial charge is 0.244 e. The third kappa shape index (κ3) is 1.01. The Morgan fingerprint density at radius 3 is 3.09 bits per heavy atom. The van der Waals surface area contributed by atoms with E-state index in [0.717, 1.165) is 20.1 Å². The SMILES string of the molecule is Cc1sc2ncncc2c1Cl. The van der Waals surface area contributed by atoms with Crippen molar-refractivity contribution in [1.82, 2.24) is 9.97 Å². The van der Waals surface area contributed by atoms with Crippen LogP contribution in [0.2, 0.25) is 5.02 Å². The van der Waals surface area contributed by atoms with Gasteiger partial charge in [-0.2, -0.15) is 0 Å². The van der Waals surface area contributed by atoms with Crippen molar-refractivity contribution in [2.45, 2.75) is 6.92 Å². The van der Waals surface area contributed by atoms with Gasteiger partial charge in [-0.3, -0.25) is 0 Å². The Morgan fingerprint density at radius 2 is 2.36 bits per heavy atom. The van der Waals surface area contributed by atoms with Gasteiger partial charge in [0.1, 0.15) is 11.2 Å². The average Bonchev–Trinajstić information content (AvgIpc) is 2.30. The zero-order valence-corrected chi connectivity index (χ0v) is 7.41. The maximum absolute atomic E-state index is 5.97. The molecule has 0 radical (unpaired) electrons. The molecule has 0 saturated heterocycles. The molecule has 56 valence electrons. The molecule has 2 aromatic heterocycles. The van der Waals surface area contributed by atoms with Crippen LogP contribution in [-0.4, -0.2) is 9.97 Å². The van der Waals surface area contributed by atoms with Gasteiger partial charge in [-0.05, 0) is 6.92 Å².